The lowest BCUT2D eigenvalue weighted by Gasteiger charge is -2.19. The number of anilines is 1. The molecular weight excluding hydrogens is 496 g/mol. The SMILES string of the molecule is O=C(C[C@H]1SC(=Nc2ccc(Cl)c(Cl)c2)N(CCC2=CCCCC2)C1=O)Nc1ccc(F)cc1. The highest BCUT2D eigenvalue weighted by atomic mass is 35.5. The standard InChI is InChI=1S/C25H24Cl2FN3O2S/c26-20-11-10-19(14-21(20)27)30-25-31(13-12-16-4-2-1-3-5-16)24(33)22(34-25)15-23(32)29-18-8-6-17(28)7-9-18/h4,6-11,14,22H,1-3,5,12-13,15H2,(H,29,32)/t22-/m1/s1. The molecule has 4 rings (SSSR count). The minimum Gasteiger partial charge on any atom is -0.326 e. The van der Waals surface area contributed by atoms with Crippen LogP contribution < -0.4 is 5.32 Å². The van der Waals surface area contributed by atoms with E-state index in [-0.39, 0.29) is 24.1 Å². The fourth-order valence-corrected chi connectivity index (χ4v) is 5.37. The molecule has 5 nitrogen and oxygen atoms in total. The van der Waals surface area contributed by atoms with Crippen molar-refractivity contribution in [1.82, 2.24) is 4.90 Å². The van der Waals surface area contributed by atoms with Crippen molar-refractivity contribution in [1.29, 1.82) is 0 Å². The molecule has 2 aliphatic rings. The maximum atomic E-state index is 13.3. The fourth-order valence-electron chi connectivity index (χ4n) is 3.90. The molecule has 2 aromatic carbocycles. The number of carbonyl (C=O) groups is 2. The van der Waals surface area contributed by atoms with Crippen molar-refractivity contribution in [3.63, 3.8) is 0 Å². The van der Waals surface area contributed by atoms with E-state index in [1.54, 1.807) is 23.1 Å². The Morgan fingerprint density at radius 3 is 2.65 bits per heavy atom. The third kappa shape index (κ3) is 6.40. The number of amides is 2. The fraction of sp³-hybridized carbons (Fsp3) is 0.320. The van der Waals surface area contributed by atoms with Gasteiger partial charge in [0.1, 0.15) is 11.1 Å². The first-order valence-electron chi connectivity index (χ1n) is 11.1. The van der Waals surface area contributed by atoms with Crippen LogP contribution in [0.4, 0.5) is 15.8 Å². The van der Waals surface area contributed by atoms with E-state index in [0.29, 0.717) is 33.1 Å². The molecule has 1 atom stereocenters. The van der Waals surface area contributed by atoms with E-state index < -0.39 is 5.25 Å². The van der Waals surface area contributed by atoms with E-state index in [1.165, 1.54) is 54.4 Å². The van der Waals surface area contributed by atoms with E-state index in [0.717, 1.165) is 19.3 Å². The highest BCUT2D eigenvalue weighted by molar-refractivity contribution is 8.15. The Bertz CT molecular complexity index is 1140. The minimum atomic E-state index is -0.595. The molecule has 2 amide bonds. The van der Waals surface area contributed by atoms with Gasteiger partial charge in [-0.3, -0.25) is 14.5 Å². The summed E-state index contributed by atoms with van der Waals surface area (Å²) in [5.41, 5.74) is 2.42. The van der Waals surface area contributed by atoms with Crippen molar-refractivity contribution in [3.05, 3.63) is 70.0 Å². The van der Waals surface area contributed by atoms with Crippen LogP contribution in [0.5, 0.6) is 0 Å². The summed E-state index contributed by atoms with van der Waals surface area (Å²) in [4.78, 5) is 32.2. The number of halogens is 3. The van der Waals surface area contributed by atoms with Crippen molar-refractivity contribution in [2.45, 2.75) is 43.8 Å². The zero-order chi connectivity index (χ0) is 24.1. The van der Waals surface area contributed by atoms with Crippen LogP contribution in [0.3, 0.4) is 0 Å². The molecule has 1 aliphatic carbocycles. The van der Waals surface area contributed by atoms with Crippen LogP contribution in [0.15, 0.2) is 59.1 Å². The van der Waals surface area contributed by atoms with Gasteiger partial charge in [0, 0.05) is 18.7 Å². The normalized spacial score (nSPS) is 19.4. The average Bonchev–Trinajstić information content (AvgIpc) is 3.10. The summed E-state index contributed by atoms with van der Waals surface area (Å²) in [6.45, 7) is 0.508. The Balaban J connectivity index is 1.50. The van der Waals surface area contributed by atoms with E-state index in [4.69, 9.17) is 23.2 Å². The predicted octanol–water partition coefficient (Wildman–Crippen LogP) is 6.98. The van der Waals surface area contributed by atoms with Crippen LogP contribution in [0.1, 0.15) is 38.5 Å². The summed E-state index contributed by atoms with van der Waals surface area (Å²) < 4.78 is 13.1. The lowest BCUT2D eigenvalue weighted by atomic mass is 9.97. The van der Waals surface area contributed by atoms with Crippen LogP contribution >= 0.6 is 35.0 Å². The Hall–Kier alpha value is -2.35. The zero-order valence-electron chi connectivity index (χ0n) is 18.4. The van der Waals surface area contributed by atoms with Gasteiger partial charge in [0.25, 0.3) is 0 Å². The summed E-state index contributed by atoms with van der Waals surface area (Å²) in [5, 5.41) is 3.48. The number of benzene rings is 2. The summed E-state index contributed by atoms with van der Waals surface area (Å²) in [6.07, 6.45) is 7.54. The van der Waals surface area contributed by atoms with Crippen LogP contribution in [0, 0.1) is 5.82 Å². The van der Waals surface area contributed by atoms with Crippen molar-refractivity contribution in [2.75, 3.05) is 11.9 Å². The first-order chi connectivity index (χ1) is 16.4. The highest BCUT2D eigenvalue weighted by Gasteiger charge is 2.39. The van der Waals surface area contributed by atoms with E-state index in [1.807, 2.05) is 0 Å². The largest absolute Gasteiger partial charge is 0.326 e. The molecule has 0 radical (unpaired) electrons. The molecule has 0 spiro atoms. The molecule has 9 heteroatoms. The second-order valence-corrected chi connectivity index (χ2v) is 10.2. The van der Waals surface area contributed by atoms with Gasteiger partial charge in [-0.25, -0.2) is 9.38 Å². The number of amidine groups is 1. The van der Waals surface area contributed by atoms with Gasteiger partial charge in [-0.15, -0.1) is 0 Å². The second-order valence-electron chi connectivity index (χ2n) is 8.21. The van der Waals surface area contributed by atoms with Gasteiger partial charge < -0.3 is 5.32 Å². The number of hydrogen-bond donors (Lipinski definition) is 1. The number of aliphatic imine (C=N–C) groups is 1. The smallest absolute Gasteiger partial charge is 0.242 e. The van der Waals surface area contributed by atoms with Crippen molar-refractivity contribution in [3.8, 4) is 0 Å². The number of nitrogens with one attached hydrogen (secondary N) is 1. The molecule has 0 bridgehead atoms. The molecule has 1 N–H and O–H groups in total. The van der Waals surface area contributed by atoms with Crippen LogP contribution in [-0.2, 0) is 9.59 Å². The van der Waals surface area contributed by atoms with E-state index in [2.05, 4.69) is 16.4 Å². The number of nitrogens with zero attached hydrogens (tertiary/aromatic N) is 2. The third-order valence-electron chi connectivity index (χ3n) is 5.69. The van der Waals surface area contributed by atoms with E-state index >= 15 is 0 Å². The first-order valence-corrected chi connectivity index (χ1v) is 12.8. The quantitative estimate of drug-likeness (QED) is 0.401. The molecule has 1 aliphatic heterocycles. The summed E-state index contributed by atoms with van der Waals surface area (Å²) in [6, 6.07) is 10.6. The van der Waals surface area contributed by atoms with Crippen molar-refractivity contribution >= 4 is 63.3 Å². The molecule has 1 heterocycles. The Kier molecular flexibility index (Phi) is 8.29. The van der Waals surface area contributed by atoms with Gasteiger partial charge >= 0.3 is 0 Å². The molecule has 2 aromatic rings. The first kappa shape index (κ1) is 24.8. The number of allylic oxidation sites excluding steroid dienone is 1. The maximum Gasteiger partial charge on any atom is 0.242 e. The molecule has 0 unspecified atom stereocenters. The second kappa shape index (κ2) is 11.4. The topological polar surface area (TPSA) is 61.8 Å². The van der Waals surface area contributed by atoms with Gasteiger partial charge in [0.05, 0.1) is 15.7 Å². The lowest BCUT2D eigenvalue weighted by molar-refractivity contribution is -0.128. The Labute approximate surface area is 212 Å². The molecule has 178 valence electrons. The van der Waals surface area contributed by atoms with Gasteiger partial charge in [0.15, 0.2) is 5.17 Å². The van der Waals surface area contributed by atoms with Crippen LogP contribution in [0.25, 0.3) is 0 Å². The van der Waals surface area contributed by atoms with Gasteiger partial charge in [-0.05, 0) is 74.6 Å². The summed E-state index contributed by atoms with van der Waals surface area (Å²) >= 11 is 13.4. The van der Waals surface area contributed by atoms with Gasteiger partial charge in [-0.1, -0.05) is 46.6 Å². The van der Waals surface area contributed by atoms with Crippen LogP contribution in [0.2, 0.25) is 10.0 Å². The average molecular weight is 520 g/mol. The Morgan fingerprint density at radius 2 is 1.94 bits per heavy atom. The number of thioether (sulfide) groups is 1. The Morgan fingerprint density at radius 1 is 1.15 bits per heavy atom. The molecular formula is C25H24Cl2FN3O2S. The maximum absolute atomic E-state index is 13.3. The predicted molar refractivity (Wildman–Crippen MR) is 137 cm³/mol. The molecule has 0 saturated carbocycles. The third-order valence-corrected chi connectivity index (χ3v) is 7.60. The molecule has 34 heavy (non-hydrogen) atoms. The van der Waals surface area contributed by atoms with Crippen LogP contribution in [-0.4, -0.2) is 33.7 Å². The molecule has 1 fully saturated rings. The van der Waals surface area contributed by atoms with Crippen molar-refractivity contribution in [2.24, 2.45) is 4.99 Å². The van der Waals surface area contributed by atoms with E-state index in [9.17, 15) is 14.0 Å². The van der Waals surface area contributed by atoms with Gasteiger partial charge in [0.2, 0.25) is 11.8 Å². The highest BCUT2D eigenvalue weighted by Crippen LogP contribution is 2.34. The summed E-state index contributed by atoms with van der Waals surface area (Å²) in [5.74, 6) is -0.843. The number of hydrogen-bond acceptors (Lipinski definition) is 4. The monoisotopic (exact) mass is 519 g/mol. The minimum absolute atomic E-state index is 0.0134. The number of rotatable bonds is 7. The lowest BCUT2D eigenvalue weighted by Crippen LogP contribution is -2.34. The summed E-state index contributed by atoms with van der Waals surface area (Å²) in [7, 11) is 0. The van der Waals surface area contributed by atoms with Gasteiger partial charge in [-0.2, -0.15) is 0 Å². The zero-order valence-corrected chi connectivity index (χ0v) is 20.7. The van der Waals surface area contributed by atoms with Crippen molar-refractivity contribution < 1.29 is 14.0 Å². The molecule has 0 aromatic heterocycles. The number of carbonyl (C=O) groups excluding carboxylic acids is 2. The molecule has 1 saturated heterocycles.